The highest BCUT2D eigenvalue weighted by Gasteiger charge is 2.11. The van der Waals surface area contributed by atoms with Gasteiger partial charge >= 0.3 is 0 Å². The van der Waals surface area contributed by atoms with Crippen molar-refractivity contribution in [1.82, 2.24) is 4.98 Å². The predicted molar refractivity (Wildman–Crippen MR) is 73.9 cm³/mol. The largest absolute Gasteiger partial charge is 0.496 e. The van der Waals surface area contributed by atoms with Crippen molar-refractivity contribution in [1.29, 1.82) is 0 Å². The van der Waals surface area contributed by atoms with E-state index < -0.39 is 0 Å². The second kappa shape index (κ2) is 6.26. The molecule has 3 N–H and O–H groups in total. The number of rotatable bonds is 6. The predicted octanol–water partition coefficient (Wildman–Crippen LogP) is 2.70. The van der Waals surface area contributed by atoms with Crippen LogP contribution in [0, 0.1) is 0 Å². The Balaban J connectivity index is 2.02. The molecule has 1 aromatic carbocycles. The summed E-state index contributed by atoms with van der Waals surface area (Å²) < 4.78 is 5.36. The molecule has 0 fully saturated rings. The van der Waals surface area contributed by atoms with Crippen LogP contribution in [0.2, 0.25) is 0 Å². The van der Waals surface area contributed by atoms with Gasteiger partial charge in [0.1, 0.15) is 5.75 Å². The molecule has 0 aliphatic heterocycles. The second-order valence-electron chi connectivity index (χ2n) is 4.43. The molecule has 1 atom stereocenters. The maximum Gasteiger partial charge on any atom is 0.122 e. The third kappa shape index (κ3) is 2.93. The van der Waals surface area contributed by atoms with Gasteiger partial charge in [-0.3, -0.25) is 0 Å². The summed E-state index contributed by atoms with van der Waals surface area (Å²) in [6.07, 6.45) is 5.99. The van der Waals surface area contributed by atoms with E-state index in [4.69, 9.17) is 10.5 Å². The van der Waals surface area contributed by atoms with Gasteiger partial charge < -0.3 is 15.5 Å². The highest BCUT2D eigenvalue weighted by Crippen LogP contribution is 2.24. The van der Waals surface area contributed by atoms with Crippen LogP contribution in [0.25, 0.3) is 0 Å². The first-order chi connectivity index (χ1) is 8.85. The second-order valence-corrected chi connectivity index (χ2v) is 4.43. The number of aryl methyl sites for hydroxylation is 1. The molecule has 2 aromatic rings. The molecule has 96 valence electrons. The lowest BCUT2D eigenvalue weighted by Crippen LogP contribution is -2.13. The van der Waals surface area contributed by atoms with E-state index >= 15 is 0 Å². The molecule has 0 radical (unpaired) electrons. The van der Waals surface area contributed by atoms with Crippen LogP contribution in [0.3, 0.4) is 0 Å². The molecule has 0 amide bonds. The normalized spacial score (nSPS) is 12.3. The molecule has 1 heterocycles. The Morgan fingerprint density at radius 2 is 2.11 bits per heavy atom. The number of ether oxygens (including phenoxy) is 1. The van der Waals surface area contributed by atoms with Crippen LogP contribution in [0.15, 0.2) is 42.7 Å². The first-order valence-electron chi connectivity index (χ1n) is 6.29. The highest BCUT2D eigenvalue weighted by atomic mass is 16.5. The Morgan fingerprint density at radius 3 is 2.78 bits per heavy atom. The third-order valence-corrected chi connectivity index (χ3v) is 3.33. The van der Waals surface area contributed by atoms with Gasteiger partial charge in [-0.05, 0) is 48.6 Å². The summed E-state index contributed by atoms with van der Waals surface area (Å²) in [6.45, 7) is 0.674. The van der Waals surface area contributed by atoms with Gasteiger partial charge in [-0.1, -0.05) is 18.2 Å². The molecule has 0 bridgehead atoms. The van der Waals surface area contributed by atoms with Crippen LogP contribution in [0.5, 0.6) is 5.75 Å². The lowest BCUT2D eigenvalue weighted by molar-refractivity contribution is 0.408. The first kappa shape index (κ1) is 12.7. The molecule has 3 nitrogen and oxygen atoms in total. The monoisotopic (exact) mass is 244 g/mol. The number of hydrogen-bond acceptors (Lipinski definition) is 2. The van der Waals surface area contributed by atoms with Crippen molar-refractivity contribution < 1.29 is 4.74 Å². The summed E-state index contributed by atoms with van der Waals surface area (Å²) in [5.41, 5.74) is 8.38. The molecule has 2 rings (SSSR count). The Morgan fingerprint density at radius 1 is 1.28 bits per heavy atom. The van der Waals surface area contributed by atoms with Crippen molar-refractivity contribution in [3.05, 3.63) is 53.9 Å². The molecule has 1 aromatic heterocycles. The minimum atomic E-state index is 0.404. The van der Waals surface area contributed by atoms with Crippen molar-refractivity contribution in [2.75, 3.05) is 13.7 Å². The van der Waals surface area contributed by atoms with Crippen LogP contribution in [0.1, 0.15) is 23.5 Å². The number of aromatic amines is 1. The van der Waals surface area contributed by atoms with Gasteiger partial charge in [0.25, 0.3) is 0 Å². The van der Waals surface area contributed by atoms with Crippen LogP contribution in [-0.4, -0.2) is 18.6 Å². The zero-order valence-electron chi connectivity index (χ0n) is 10.7. The number of hydrogen-bond donors (Lipinski definition) is 2. The molecule has 0 saturated carbocycles. The lowest BCUT2D eigenvalue weighted by atomic mass is 9.94. The fourth-order valence-electron chi connectivity index (χ4n) is 2.25. The summed E-state index contributed by atoms with van der Waals surface area (Å²) in [7, 11) is 1.71. The summed E-state index contributed by atoms with van der Waals surface area (Å²) >= 11 is 0. The van der Waals surface area contributed by atoms with Crippen molar-refractivity contribution >= 4 is 0 Å². The maximum absolute atomic E-state index is 5.85. The van der Waals surface area contributed by atoms with Gasteiger partial charge in [-0.15, -0.1) is 0 Å². The van der Waals surface area contributed by atoms with E-state index in [-0.39, 0.29) is 0 Å². The number of methoxy groups -OCH3 is 1. The molecule has 3 heteroatoms. The number of nitrogens with two attached hydrogens (primary N) is 1. The van der Waals surface area contributed by atoms with Crippen molar-refractivity contribution in [2.24, 2.45) is 5.73 Å². The standard InChI is InChI=1S/C15H20N2O/c1-18-15-5-3-2-4-12(15)6-7-13(10-16)14-8-9-17-11-14/h2-5,8-9,11,13,17H,6-7,10,16H2,1H3. The van der Waals surface area contributed by atoms with Crippen molar-refractivity contribution in [3.8, 4) is 5.75 Å². The number of benzene rings is 1. The van der Waals surface area contributed by atoms with Crippen LogP contribution in [0.4, 0.5) is 0 Å². The molecule has 18 heavy (non-hydrogen) atoms. The molecule has 0 aliphatic rings. The van der Waals surface area contributed by atoms with Crippen LogP contribution in [-0.2, 0) is 6.42 Å². The lowest BCUT2D eigenvalue weighted by Gasteiger charge is -2.14. The summed E-state index contributed by atoms with van der Waals surface area (Å²) in [5.74, 6) is 1.36. The van der Waals surface area contributed by atoms with E-state index in [0.29, 0.717) is 12.5 Å². The zero-order valence-corrected chi connectivity index (χ0v) is 10.7. The van der Waals surface area contributed by atoms with Gasteiger partial charge in [-0.25, -0.2) is 0 Å². The molecular formula is C15H20N2O. The highest BCUT2D eigenvalue weighted by molar-refractivity contribution is 5.33. The van der Waals surface area contributed by atoms with Gasteiger partial charge in [0.15, 0.2) is 0 Å². The SMILES string of the molecule is COc1ccccc1CCC(CN)c1cc[nH]c1. The van der Waals surface area contributed by atoms with E-state index in [0.717, 1.165) is 18.6 Å². The summed E-state index contributed by atoms with van der Waals surface area (Å²) in [6, 6.07) is 10.3. The van der Waals surface area contributed by atoms with Crippen molar-refractivity contribution in [3.63, 3.8) is 0 Å². The number of H-pyrrole nitrogens is 1. The number of para-hydroxylation sites is 1. The minimum absolute atomic E-state index is 0.404. The van der Waals surface area contributed by atoms with E-state index in [1.54, 1.807) is 7.11 Å². The van der Waals surface area contributed by atoms with Gasteiger partial charge in [0.2, 0.25) is 0 Å². The minimum Gasteiger partial charge on any atom is -0.496 e. The molecule has 0 saturated heterocycles. The Kier molecular flexibility index (Phi) is 4.42. The average molecular weight is 244 g/mol. The van der Waals surface area contributed by atoms with Gasteiger partial charge in [0.05, 0.1) is 7.11 Å². The maximum atomic E-state index is 5.85. The molecule has 0 spiro atoms. The molecule has 0 aliphatic carbocycles. The van der Waals surface area contributed by atoms with Gasteiger partial charge in [-0.2, -0.15) is 0 Å². The average Bonchev–Trinajstić information content (AvgIpc) is 2.94. The van der Waals surface area contributed by atoms with Crippen molar-refractivity contribution in [2.45, 2.75) is 18.8 Å². The molecule has 1 unspecified atom stereocenters. The van der Waals surface area contributed by atoms with Crippen LogP contribution >= 0.6 is 0 Å². The molecular weight excluding hydrogens is 224 g/mol. The number of aromatic nitrogens is 1. The van der Waals surface area contributed by atoms with E-state index in [1.165, 1.54) is 11.1 Å². The summed E-state index contributed by atoms with van der Waals surface area (Å²) in [4.78, 5) is 3.09. The van der Waals surface area contributed by atoms with Gasteiger partial charge in [0, 0.05) is 12.4 Å². The van der Waals surface area contributed by atoms with Crippen LogP contribution < -0.4 is 10.5 Å². The Labute approximate surface area is 108 Å². The van der Waals surface area contributed by atoms with E-state index in [1.807, 2.05) is 30.6 Å². The number of nitrogens with one attached hydrogen (secondary N) is 1. The van der Waals surface area contributed by atoms with E-state index in [9.17, 15) is 0 Å². The van der Waals surface area contributed by atoms with E-state index in [2.05, 4.69) is 17.1 Å². The first-order valence-corrected chi connectivity index (χ1v) is 6.29. The summed E-state index contributed by atoms with van der Waals surface area (Å²) in [5, 5.41) is 0. The zero-order chi connectivity index (χ0) is 12.8. The fraction of sp³-hybridized carbons (Fsp3) is 0.333. The smallest absolute Gasteiger partial charge is 0.122 e. The fourth-order valence-corrected chi connectivity index (χ4v) is 2.25. The Hall–Kier alpha value is -1.74. The third-order valence-electron chi connectivity index (χ3n) is 3.33. The Bertz CT molecular complexity index is 465. The quantitative estimate of drug-likeness (QED) is 0.821. The topological polar surface area (TPSA) is 51.0 Å².